The minimum absolute atomic E-state index is 0.707. The van der Waals surface area contributed by atoms with Gasteiger partial charge in [-0.1, -0.05) is 24.3 Å². The van der Waals surface area contributed by atoms with E-state index in [0.717, 1.165) is 58.3 Å². The molecule has 2 rings (SSSR count). The van der Waals surface area contributed by atoms with Crippen LogP contribution in [0.3, 0.4) is 0 Å². The molecule has 2 N–H and O–H groups in total. The van der Waals surface area contributed by atoms with Gasteiger partial charge in [-0.2, -0.15) is 11.8 Å². The summed E-state index contributed by atoms with van der Waals surface area (Å²) in [5.41, 5.74) is 2.67. The lowest BCUT2D eigenvalue weighted by molar-refractivity contribution is 0.0341. The average Bonchev–Trinajstić information content (AvgIpc) is 2.65. The molecular weight excluding hydrogens is 332 g/mol. The molecule has 0 aliphatic carbocycles. The van der Waals surface area contributed by atoms with E-state index in [1.54, 1.807) is 0 Å². The molecule has 1 saturated heterocycles. The summed E-state index contributed by atoms with van der Waals surface area (Å²) in [6.45, 7) is 9.33. The SMILES string of the molecule is CCNC(=NCc1ccccc1CN1CCOCC1)NCCCSC. The summed E-state index contributed by atoms with van der Waals surface area (Å²) in [6, 6.07) is 8.64. The molecular formula is C19H32N4OS. The van der Waals surface area contributed by atoms with Crippen LogP contribution in [0.5, 0.6) is 0 Å². The van der Waals surface area contributed by atoms with Gasteiger partial charge in [-0.3, -0.25) is 4.90 Å². The number of morpholine rings is 1. The summed E-state index contributed by atoms with van der Waals surface area (Å²) in [7, 11) is 0. The fraction of sp³-hybridized carbons (Fsp3) is 0.632. The summed E-state index contributed by atoms with van der Waals surface area (Å²) in [6.07, 6.45) is 3.30. The third-order valence-corrected chi connectivity index (χ3v) is 4.88. The number of rotatable bonds is 9. The van der Waals surface area contributed by atoms with Crippen molar-refractivity contribution in [2.75, 3.05) is 51.4 Å². The second-order valence-corrected chi connectivity index (χ2v) is 7.11. The van der Waals surface area contributed by atoms with Gasteiger partial charge in [0, 0.05) is 32.7 Å². The predicted molar refractivity (Wildman–Crippen MR) is 108 cm³/mol. The lowest BCUT2D eigenvalue weighted by atomic mass is 10.1. The van der Waals surface area contributed by atoms with Gasteiger partial charge in [-0.15, -0.1) is 0 Å². The van der Waals surface area contributed by atoms with Crippen molar-refractivity contribution < 1.29 is 4.74 Å². The molecule has 1 aromatic rings. The molecule has 6 heteroatoms. The van der Waals surface area contributed by atoms with Crippen molar-refractivity contribution in [1.29, 1.82) is 0 Å². The highest BCUT2D eigenvalue weighted by Gasteiger charge is 2.12. The number of benzene rings is 1. The van der Waals surface area contributed by atoms with E-state index in [4.69, 9.17) is 9.73 Å². The molecule has 0 aromatic heterocycles. The molecule has 25 heavy (non-hydrogen) atoms. The van der Waals surface area contributed by atoms with Crippen molar-refractivity contribution in [3.05, 3.63) is 35.4 Å². The van der Waals surface area contributed by atoms with E-state index in [1.807, 2.05) is 11.8 Å². The van der Waals surface area contributed by atoms with Crippen LogP contribution in [0.2, 0.25) is 0 Å². The first-order chi connectivity index (χ1) is 12.3. The van der Waals surface area contributed by atoms with Gasteiger partial charge in [-0.05, 0) is 36.5 Å². The molecule has 1 aliphatic heterocycles. The largest absolute Gasteiger partial charge is 0.379 e. The first kappa shape index (κ1) is 20.1. The van der Waals surface area contributed by atoms with Crippen molar-refractivity contribution >= 4 is 17.7 Å². The molecule has 0 saturated carbocycles. The van der Waals surface area contributed by atoms with Crippen LogP contribution < -0.4 is 10.6 Å². The molecule has 1 aromatic carbocycles. The predicted octanol–water partition coefficient (Wildman–Crippen LogP) is 2.33. The highest BCUT2D eigenvalue weighted by atomic mass is 32.2. The molecule has 140 valence electrons. The Labute approximate surface area is 156 Å². The third kappa shape index (κ3) is 7.67. The molecule has 0 radical (unpaired) electrons. The van der Waals surface area contributed by atoms with Gasteiger partial charge in [-0.25, -0.2) is 4.99 Å². The Bertz CT molecular complexity index is 518. The maximum atomic E-state index is 5.45. The Morgan fingerprint density at radius 2 is 1.96 bits per heavy atom. The van der Waals surface area contributed by atoms with Gasteiger partial charge < -0.3 is 15.4 Å². The van der Waals surface area contributed by atoms with Gasteiger partial charge in [0.1, 0.15) is 0 Å². The van der Waals surface area contributed by atoms with E-state index >= 15 is 0 Å². The lowest BCUT2D eigenvalue weighted by Crippen LogP contribution is -2.38. The first-order valence-electron chi connectivity index (χ1n) is 9.21. The summed E-state index contributed by atoms with van der Waals surface area (Å²) in [5.74, 6) is 2.08. The molecule has 0 atom stereocenters. The minimum atomic E-state index is 0.707. The smallest absolute Gasteiger partial charge is 0.191 e. The average molecular weight is 365 g/mol. The van der Waals surface area contributed by atoms with Crippen LogP contribution in [0.25, 0.3) is 0 Å². The van der Waals surface area contributed by atoms with Crippen LogP contribution in [0.15, 0.2) is 29.3 Å². The number of nitrogens with one attached hydrogen (secondary N) is 2. The second kappa shape index (κ2) is 12.2. The number of hydrogen-bond acceptors (Lipinski definition) is 4. The number of aliphatic imine (C=N–C) groups is 1. The quantitative estimate of drug-likeness (QED) is 0.400. The number of thioether (sulfide) groups is 1. The zero-order chi connectivity index (χ0) is 17.7. The molecule has 5 nitrogen and oxygen atoms in total. The topological polar surface area (TPSA) is 48.9 Å². The van der Waals surface area contributed by atoms with Gasteiger partial charge in [0.15, 0.2) is 5.96 Å². The van der Waals surface area contributed by atoms with Crippen LogP contribution in [0.1, 0.15) is 24.5 Å². The van der Waals surface area contributed by atoms with Gasteiger partial charge in [0.25, 0.3) is 0 Å². The van der Waals surface area contributed by atoms with Crippen molar-refractivity contribution in [3.63, 3.8) is 0 Å². The van der Waals surface area contributed by atoms with Crippen LogP contribution in [0, 0.1) is 0 Å². The van der Waals surface area contributed by atoms with E-state index in [9.17, 15) is 0 Å². The lowest BCUT2D eigenvalue weighted by Gasteiger charge is -2.27. The summed E-state index contributed by atoms with van der Waals surface area (Å²) in [4.78, 5) is 7.24. The van der Waals surface area contributed by atoms with E-state index in [0.29, 0.717) is 6.54 Å². The van der Waals surface area contributed by atoms with Crippen molar-refractivity contribution in [2.24, 2.45) is 4.99 Å². The Kier molecular flexibility index (Phi) is 9.77. The fourth-order valence-electron chi connectivity index (χ4n) is 2.80. The maximum absolute atomic E-state index is 5.45. The molecule has 0 unspecified atom stereocenters. The van der Waals surface area contributed by atoms with E-state index in [2.05, 4.69) is 53.0 Å². The van der Waals surface area contributed by atoms with Crippen molar-refractivity contribution in [3.8, 4) is 0 Å². The number of ether oxygens (including phenoxy) is 1. The van der Waals surface area contributed by atoms with Crippen molar-refractivity contribution in [1.82, 2.24) is 15.5 Å². The highest BCUT2D eigenvalue weighted by Crippen LogP contribution is 2.14. The molecule has 1 fully saturated rings. The fourth-order valence-corrected chi connectivity index (χ4v) is 3.23. The zero-order valence-corrected chi connectivity index (χ0v) is 16.4. The molecule has 0 spiro atoms. The molecule has 0 amide bonds. The Hall–Kier alpha value is -1.24. The van der Waals surface area contributed by atoms with Crippen LogP contribution in [0.4, 0.5) is 0 Å². The molecule has 1 aliphatic rings. The number of nitrogens with zero attached hydrogens (tertiary/aromatic N) is 2. The Balaban J connectivity index is 1.94. The number of hydrogen-bond donors (Lipinski definition) is 2. The molecule has 0 bridgehead atoms. The van der Waals surface area contributed by atoms with Crippen LogP contribution in [-0.2, 0) is 17.8 Å². The van der Waals surface area contributed by atoms with E-state index in [1.165, 1.54) is 16.9 Å². The van der Waals surface area contributed by atoms with Crippen LogP contribution in [-0.4, -0.2) is 62.3 Å². The van der Waals surface area contributed by atoms with E-state index in [-0.39, 0.29) is 0 Å². The van der Waals surface area contributed by atoms with Crippen molar-refractivity contribution in [2.45, 2.75) is 26.4 Å². The highest BCUT2D eigenvalue weighted by molar-refractivity contribution is 7.98. The Morgan fingerprint density at radius 3 is 2.68 bits per heavy atom. The van der Waals surface area contributed by atoms with Crippen LogP contribution >= 0.6 is 11.8 Å². The normalized spacial score (nSPS) is 16.0. The summed E-state index contributed by atoms with van der Waals surface area (Å²) < 4.78 is 5.45. The Morgan fingerprint density at radius 1 is 1.20 bits per heavy atom. The van der Waals surface area contributed by atoms with Gasteiger partial charge in [0.2, 0.25) is 0 Å². The monoisotopic (exact) mass is 364 g/mol. The van der Waals surface area contributed by atoms with E-state index < -0.39 is 0 Å². The molecule has 1 heterocycles. The van der Waals surface area contributed by atoms with Gasteiger partial charge >= 0.3 is 0 Å². The first-order valence-corrected chi connectivity index (χ1v) is 10.6. The summed E-state index contributed by atoms with van der Waals surface area (Å²) in [5, 5.41) is 6.76. The standard InChI is InChI=1S/C19H32N4OS/c1-3-20-19(21-9-6-14-25-2)22-15-17-7-4-5-8-18(17)16-23-10-12-24-13-11-23/h4-5,7-8H,3,6,9-16H2,1-2H3,(H2,20,21,22). The maximum Gasteiger partial charge on any atom is 0.191 e. The number of guanidine groups is 1. The van der Waals surface area contributed by atoms with Gasteiger partial charge in [0.05, 0.1) is 19.8 Å². The minimum Gasteiger partial charge on any atom is -0.379 e. The summed E-state index contributed by atoms with van der Waals surface area (Å²) >= 11 is 1.88. The third-order valence-electron chi connectivity index (χ3n) is 4.19. The second-order valence-electron chi connectivity index (χ2n) is 6.13. The zero-order valence-electron chi connectivity index (χ0n) is 15.6.